The molecule has 0 saturated carbocycles. The Balaban J connectivity index is 4.19. The molecule has 0 fully saturated rings. The number of rotatable bonds is 0. The highest BCUT2D eigenvalue weighted by Gasteiger charge is 1.76. The maximum absolute atomic E-state index is 6.75. The minimum absolute atomic E-state index is 0.623. The number of allylic oxidation sites excluding steroid dienone is 4. The highest BCUT2D eigenvalue weighted by Crippen LogP contribution is 1.86. The second-order valence-corrected chi connectivity index (χ2v) is 1.60. The van der Waals surface area contributed by atoms with Crippen molar-refractivity contribution in [2.45, 2.75) is 13.8 Å². The lowest BCUT2D eigenvalue weighted by molar-refractivity contribution is 1.68. The largest absolute Gasteiger partial charge is 0.0793 e. The van der Waals surface area contributed by atoms with Crippen molar-refractivity contribution in [3.63, 3.8) is 0 Å². The maximum atomic E-state index is 6.75. The molecular formula is C10H9. The highest BCUT2D eigenvalue weighted by molar-refractivity contribution is 5.42. The van der Waals surface area contributed by atoms with Crippen LogP contribution in [0.3, 0.4) is 0 Å². The zero-order valence-electron chi connectivity index (χ0n) is 6.23. The van der Waals surface area contributed by atoms with Crippen molar-refractivity contribution in [3.8, 4) is 17.8 Å². The average molecular weight is 129 g/mol. The molecule has 0 atom stereocenters. The van der Waals surface area contributed by atoms with Crippen molar-refractivity contribution < 1.29 is 0 Å². The fourth-order valence-electron chi connectivity index (χ4n) is 0.378. The summed E-state index contributed by atoms with van der Waals surface area (Å²) in [6, 6.07) is 0. The van der Waals surface area contributed by atoms with E-state index in [1.54, 1.807) is 12.2 Å². The van der Waals surface area contributed by atoms with Gasteiger partial charge < -0.3 is 0 Å². The van der Waals surface area contributed by atoms with Crippen LogP contribution in [0.2, 0.25) is 0 Å². The molecule has 0 aliphatic carbocycles. The van der Waals surface area contributed by atoms with Crippen molar-refractivity contribution in [1.29, 1.82) is 0 Å². The van der Waals surface area contributed by atoms with Crippen LogP contribution in [0.5, 0.6) is 0 Å². The molecule has 0 aromatic carbocycles. The van der Waals surface area contributed by atoms with Gasteiger partial charge in [-0.25, -0.2) is 0 Å². The van der Waals surface area contributed by atoms with Crippen molar-refractivity contribution in [1.82, 2.24) is 0 Å². The topological polar surface area (TPSA) is 0 Å². The molecule has 0 saturated heterocycles. The van der Waals surface area contributed by atoms with Crippen molar-refractivity contribution in [2.24, 2.45) is 0 Å². The van der Waals surface area contributed by atoms with Gasteiger partial charge in [-0.05, 0) is 32.3 Å². The van der Waals surface area contributed by atoms with Crippen LogP contribution in [-0.2, 0) is 0 Å². The van der Waals surface area contributed by atoms with E-state index in [0.29, 0.717) is 5.57 Å². The fraction of sp³-hybridized carbons (Fsp3) is 0.200. The van der Waals surface area contributed by atoms with Gasteiger partial charge in [0.25, 0.3) is 0 Å². The molecule has 10 heavy (non-hydrogen) atoms. The SMILES string of the molecule is [C]#CC(C#CC=CC)=CC. The van der Waals surface area contributed by atoms with Crippen LogP contribution in [0.4, 0.5) is 0 Å². The van der Waals surface area contributed by atoms with Gasteiger partial charge in [0.2, 0.25) is 0 Å². The molecule has 0 nitrogen and oxygen atoms in total. The van der Waals surface area contributed by atoms with E-state index in [4.69, 9.17) is 6.42 Å². The molecule has 0 aliphatic heterocycles. The monoisotopic (exact) mass is 129 g/mol. The molecule has 0 rings (SSSR count). The van der Waals surface area contributed by atoms with Gasteiger partial charge in [0.15, 0.2) is 0 Å². The summed E-state index contributed by atoms with van der Waals surface area (Å²) >= 11 is 0. The summed E-state index contributed by atoms with van der Waals surface area (Å²) < 4.78 is 0. The van der Waals surface area contributed by atoms with Crippen molar-refractivity contribution in [2.75, 3.05) is 0 Å². The van der Waals surface area contributed by atoms with Gasteiger partial charge in [0.05, 0.1) is 5.57 Å². The van der Waals surface area contributed by atoms with Crippen LogP contribution in [0, 0.1) is 24.2 Å². The minimum atomic E-state index is 0.623. The summed E-state index contributed by atoms with van der Waals surface area (Å²) in [6.07, 6.45) is 12.1. The Morgan fingerprint density at radius 3 is 2.50 bits per heavy atom. The zero-order valence-corrected chi connectivity index (χ0v) is 6.23. The molecule has 49 valence electrons. The van der Waals surface area contributed by atoms with E-state index < -0.39 is 0 Å². The molecule has 0 N–H and O–H groups in total. The second kappa shape index (κ2) is 5.73. The first-order valence-corrected chi connectivity index (χ1v) is 3.07. The first-order chi connectivity index (χ1) is 4.85. The normalized spacial score (nSPS) is 10.3. The molecule has 0 unspecified atom stereocenters. The van der Waals surface area contributed by atoms with E-state index >= 15 is 0 Å². The summed E-state index contributed by atoms with van der Waals surface area (Å²) in [4.78, 5) is 0. The molecule has 0 aliphatic rings. The van der Waals surface area contributed by atoms with Crippen molar-refractivity contribution >= 4 is 0 Å². The third kappa shape index (κ3) is 3.58. The van der Waals surface area contributed by atoms with Crippen LogP contribution in [0.1, 0.15) is 13.8 Å². The average Bonchev–Trinajstić information content (AvgIpc) is 1.99. The summed E-state index contributed by atoms with van der Waals surface area (Å²) in [5.74, 6) is 7.72. The van der Waals surface area contributed by atoms with E-state index in [9.17, 15) is 0 Å². The Hall–Kier alpha value is -1.40. The van der Waals surface area contributed by atoms with Crippen LogP contribution < -0.4 is 0 Å². The summed E-state index contributed by atoms with van der Waals surface area (Å²) in [6.45, 7) is 3.74. The van der Waals surface area contributed by atoms with Gasteiger partial charge in [0.1, 0.15) is 0 Å². The van der Waals surface area contributed by atoms with Gasteiger partial charge in [0, 0.05) is 0 Å². The molecular weight excluding hydrogens is 120 g/mol. The van der Waals surface area contributed by atoms with Crippen LogP contribution in [-0.4, -0.2) is 0 Å². The Labute approximate surface area is 62.6 Å². The lowest BCUT2D eigenvalue weighted by Crippen LogP contribution is -1.67. The highest BCUT2D eigenvalue weighted by atomic mass is 13.8. The van der Waals surface area contributed by atoms with Gasteiger partial charge >= 0.3 is 0 Å². The third-order valence-corrected chi connectivity index (χ3v) is 0.880. The molecule has 0 aromatic heterocycles. The molecule has 0 heterocycles. The van der Waals surface area contributed by atoms with Gasteiger partial charge in [-0.15, -0.1) is 0 Å². The fourth-order valence-corrected chi connectivity index (χ4v) is 0.378. The predicted octanol–water partition coefficient (Wildman–Crippen LogP) is 2.10. The van der Waals surface area contributed by atoms with E-state index in [1.807, 2.05) is 19.9 Å². The lowest BCUT2D eigenvalue weighted by Gasteiger charge is -1.76. The molecule has 0 amide bonds. The lowest BCUT2D eigenvalue weighted by atomic mass is 10.3. The maximum Gasteiger partial charge on any atom is 0.0715 e. The Kier molecular flexibility index (Phi) is 4.93. The van der Waals surface area contributed by atoms with Crippen LogP contribution in [0.15, 0.2) is 23.8 Å². The first kappa shape index (κ1) is 8.60. The quantitative estimate of drug-likeness (QED) is 0.439. The smallest absolute Gasteiger partial charge is 0.0715 e. The van der Waals surface area contributed by atoms with Crippen LogP contribution in [0.25, 0.3) is 0 Å². The van der Waals surface area contributed by atoms with Gasteiger partial charge in [-0.1, -0.05) is 24.0 Å². The van der Waals surface area contributed by atoms with Crippen molar-refractivity contribution in [3.05, 3.63) is 30.2 Å². The molecule has 0 aromatic rings. The standard InChI is InChI=1S/C10H9/c1-4-7-8-9-10(5-2)6-3/h4-5,7H,1-2H3. The van der Waals surface area contributed by atoms with Gasteiger partial charge in [-0.3, -0.25) is 0 Å². The molecule has 0 spiro atoms. The number of hydrogen-bond acceptors (Lipinski definition) is 0. The molecule has 0 bridgehead atoms. The predicted molar refractivity (Wildman–Crippen MR) is 43.5 cm³/mol. The first-order valence-electron chi connectivity index (χ1n) is 3.07. The summed E-state index contributed by atoms with van der Waals surface area (Å²) in [5.41, 5.74) is 0.623. The zero-order chi connectivity index (χ0) is 7.82. The Morgan fingerprint density at radius 1 is 1.40 bits per heavy atom. The second-order valence-electron chi connectivity index (χ2n) is 1.60. The summed E-state index contributed by atoms with van der Waals surface area (Å²) in [7, 11) is 0. The van der Waals surface area contributed by atoms with E-state index in [0.717, 1.165) is 0 Å². The van der Waals surface area contributed by atoms with E-state index in [2.05, 4.69) is 17.8 Å². The minimum Gasteiger partial charge on any atom is -0.0793 e. The van der Waals surface area contributed by atoms with Gasteiger partial charge in [-0.2, -0.15) is 0 Å². The van der Waals surface area contributed by atoms with Crippen LogP contribution >= 0.6 is 0 Å². The van der Waals surface area contributed by atoms with E-state index in [-0.39, 0.29) is 0 Å². The summed E-state index contributed by atoms with van der Waals surface area (Å²) in [5, 5.41) is 0. The van der Waals surface area contributed by atoms with E-state index in [1.165, 1.54) is 0 Å². The number of hydrogen-bond donors (Lipinski definition) is 0. The third-order valence-electron chi connectivity index (χ3n) is 0.880. The molecule has 0 heteroatoms. The Bertz CT molecular complexity index is 235. The Morgan fingerprint density at radius 2 is 2.10 bits per heavy atom. The molecule has 1 radical (unpaired) electrons.